The van der Waals surface area contributed by atoms with Crippen molar-refractivity contribution in [1.29, 1.82) is 0 Å². The average Bonchev–Trinajstić information content (AvgIpc) is 3.28. The Labute approximate surface area is 105 Å². The van der Waals surface area contributed by atoms with Crippen molar-refractivity contribution in [2.45, 2.75) is 30.5 Å². The quantitative estimate of drug-likeness (QED) is 0.620. The summed E-state index contributed by atoms with van der Waals surface area (Å²) in [5, 5.41) is 23.5. The fourth-order valence-electron chi connectivity index (χ4n) is 2.07. The molecule has 0 spiro atoms. The summed E-state index contributed by atoms with van der Waals surface area (Å²) in [5.74, 6) is 0. The van der Waals surface area contributed by atoms with Crippen LogP contribution >= 0.6 is 0 Å². The highest BCUT2D eigenvalue weighted by Crippen LogP contribution is 2.26. The standard InChI is InChI=1S/C13H17NO4/c15-12(9-6-17-9)11(13(16)10-7-18-10)14-8-4-2-1-3-5-8/h1-5,9-16H,6-7H2. The molecule has 1 aromatic rings. The van der Waals surface area contributed by atoms with Gasteiger partial charge in [-0.05, 0) is 12.1 Å². The first-order chi connectivity index (χ1) is 8.75. The van der Waals surface area contributed by atoms with Crippen LogP contribution in [0.15, 0.2) is 30.3 Å². The van der Waals surface area contributed by atoms with Crippen LogP contribution in [0, 0.1) is 0 Å². The van der Waals surface area contributed by atoms with E-state index in [2.05, 4.69) is 5.32 Å². The van der Waals surface area contributed by atoms with Crippen LogP contribution in [0.5, 0.6) is 0 Å². The molecule has 2 fully saturated rings. The first-order valence-electron chi connectivity index (χ1n) is 6.16. The van der Waals surface area contributed by atoms with Gasteiger partial charge in [0.2, 0.25) is 0 Å². The van der Waals surface area contributed by atoms with Gasteiger partial charge in [-0.25, -0.2) is 0 Å². The van der Waals surface area contributed by atoms with E-state index in [-0.39, 0.29) is 12.2 Å². The lowest BCUT2D eigenvalue weighted by atomic mass is 9.99. The number of epoxide rings is 2. The van der Waals surface area contributed by atoms with E-state index < -0.39 is 18.2 Å². The van der Waals surface area contributed by atoms with Gasteiger partial charge in [0, 0.05) is 5.69 Å². The first-order valence-corrected chi connectivity index (χ1v) is 6.16. The molecule has 5 heteroatoms. The molecule has 98 valence electrons. The summed E-state index contributed by atoms with van der Waals surface area (Å²) in [5.41, 5.74) is 0.863. The van der Waals surface area contributed by atoms with E-state index in [0.29, 0.717) is 13.2 Å². The van der Waals surface area contributed by atoms with Crippen molar-refractivity contribution in [1.82, 2.24) is 0 Å². The Hall–Kier alpha value is -1.14. The number of benzene rings is 1. The van der Waals surface area contributed by atoms with E-state index in [4.69, 9.17) is 9.47 Å². The maximum absolute atomic E-state index is 10.2. The molecule has 3 N–H and O–H groups in total. The van der Waals surface area contributed by atoms with Crippen molar-refractivity contribution < 1.29 is 19.7 Å². The molecule has 4 atom stereocenters. The third kappa shape index (κ3) is 2.64. The van der Waals surface area contributed by atoms with Gasteiger partial charge in [0.05, 0.1) is 19.3 Å². The molecule has 0 aromatic heterocycles. The zero-order valence-electron chi connectivity index (χ0n) is 9.90. The number of nitrogens with one attached hydrogen (secondary N) is 1. The lowest BCUT2D eigenvalue weighted by molar-refractivity contribution is 0.0342. The Kier molecular flexibility index (Phi) is 3.22. The third-order valence-electron chi connectivity index (χ3n) is 3.32. The minimum Gasteiger partial charge on any atom is -0.388 e. The molecular weight excluding hydrogens is 234 g/mol. The van der Waals surface area contributed by atoms with Crippen LogP contribution in [-0.4, -0.2) is 53.9 Å². The van der Waals surface area contributed by atoms with Gasteiger partial charge in [-0.3, -0.25) is 0 Å². The SMILES string of the molecule is OC(C1CO1)C(Nc1ccccc1)C(O)C1CO1. The van der Waals surface area contributed by atoms with Crippen molar-refractivity contribution >= 4 is 5.69 Å². The van der Waals surface area contributed by atoms with Crippen molar-refractivity contribution in [3.8, 4) is 0 Å². The molecule has 1 aromatic carbocycles. The lowest BCUT2D eigenvalue weighted by Crippen LogP contribution is -2.48. The average molecular weight is 251 g/mol. The predicted molar refractivity (Wildman–Crippen MR) is 65.3 cm³/mol. The molecule has 0 aliphatic carbocycles. The molecule has 0 radical (unpaired) electrons. The summed E-state index contributed by atoms with van der Waals surface area (Å²) in [6, 6.07) is 9.04. The van der Waals surface area contributed by atoms with Gasteiger partial charge in [-0.15, -0.1) is 0 Å². The van der Waals surface area contributed by atoms with E-state index in [0.717, 1.165) is 5.69 Å². The number of para-hydroxylation sites is 1. The predicted octanol–water partition coefficient (Wildman–Crippen LogP) is -0.0135. The van der Waals surface area contributed by atoms with Crippen molar-refractivity contribution in [2.75, 3.05) is 18.5 Å². The second-order valence-corrected chi connectivity index (χ2v) is 4.76. The Morgan fingerprint density at radius 1 is 1.00 bits per heavy atom. The molecule has 5 nitrogen and oxygen atoms in total. The topological polar surface area (TPSA) is 77.5 Å². The van der Waals surface area contributed by atoms with Crippen molar-refractivity contribution in [2.24, 2.45) is 0 Å². The fourth-order valence-corrected chi connectivity index (χ4v) is 2.07. The number of anilines is 1. The van der Waals surface area contributed by atoms with Gasteiger partial charge in [0.1, 0.15) is 24.4 Å². The van der Waals surface area contributed by atoms with Gasteiger partial charge in [-0.1, -0.05) is 18.2 Å². The maximum Gasteiger partial charge on any atom is 0.109 e. The van der Waals surface area contributed by atoms with E-state index in [1.807, 2.05) is 30.3 Å². The number of hydrogen-bond acceptors (Lipinski definition) is 5. The molecule has 2 aliphatic heterocycles. The molecule has 2 saturated heterocycles. The fraction of sp³-hybridized carbons (Fsp3) is 0.538. The second kappa shape index (κ2) is 4.85. The van der Waals surface area contributed by atoms with Crippen molar-refractivity contribution in [3.63, 3.8) is 0 Å². The summed E-state index contributed by atoms with van der Waals surface area (Å²) in [4.78, 5) is 0. The number of aliphatic hydroxyl groups excluding tert-OH is 2. The van der Waals surface area contributed by atoms with Gasteiger partial charge < -0.3 is 25.0 Å². The van der Waals surface area contributed by atoms with Crippen LogP contribution in [0.4, 0.5) is 5.69 Å². The Bertz CT molecular complexity index is 373. The summed E-state index contributed by atoms with van der Waals surface area (Å²) in [7, 11) is 0. The second-order valence-electron chi connectivity index (χ2n) is 4.76. The molecule has 3 rings (SSSR count). The molecule has 0 saturated carbocycles. The van der Waals surface area contributed by atoms with Crippen LogP contribution in [0.2, 0.25) is 0 Å². The largest absolute Gasteiger partial charge is 0.388 e. The number of aliphatic hydroxyl groups is 2. The molecule has 2 aliphatic rings. The van der Waals surface area contributed by atoms with Crippen LogP contribution in [-0.2, 0) is 9.47 Å². The van der Waals surface area contributed by atoms with E-state index in [9.17, 15) is 10.2 Å². The summed E-state index contributed by atoms with van der Waals surface area (Å²) < 4.78 is 10.2. The van der Waals surface area contributed by atoms with E-state index >= 15 is 0 Å². The highest BCUT2D eigenvalue weighted by Gasteiger charge is 2.45. The van der Waals surface area contributed by atoms with E-state index in [1.54, 1.807) is 0 Å². The molecule has 0 amide bonds. The third-order valence-corrected chi connectivity index (χ3v) is 3.32. The number of ether oxygens (including phenoxy) is 2. The molecule has 18 heavy (non-hydrogen) atoms. The number of hydrogen-bond donors (Lipinski definition) is 3. The summed E-state index contributed by atoms with van der Waals surface area (Å²) in [6.07, 6.45) is -1.83. The van der Waals surface area contributed by atoms with Crippen LogP contribution in [0.1, 0.15) is 0 Å². The zero-order chi connectivity index (χ0) is 12.5. The van der Waals surface area contributed by atoms with Crippen molar-refractivity contribution in [3.05, 3.63) is 30.3 Å². The van der Waals surface area contributed by atoms with Gasteiger partial charge in [0.15, 0.2) is 0 Å². The van der Waals surface area contributed by atoms with Gasteiger partial charge in [-0.2, -0.15) is 0 Å². The molecule has 0 bridgehead atoms. The van der Waals surface area contributed by atoms with Crippen LogP contribution < -0.4 is 5.32 Å². The highest BCUT2D eigenvalue weighted by atomic mass is 16.6. The minimum absolute atomic E-state index is 0.181. The Balaban J connectivity index is 1.71. The summed E-state index contributed by atoms with van der Waals surface area (Å²) >= 11 is 0. The zero-order valence-corrected chi connectivity index (χ0v) is 9.90. The molecule has 2 heterocycles. The van der Waals surface area contributed by atoms with E-state index in [1.165, 1.54) is 0 Å². The van der Waals surface area contributed by atoms with Gasteiger partial charge in [0.25, 0.3) is 0 Å². The Morgan fingerprint density at radius 3 is 1.94 bits per heavy atom. The lowest BCUT2D eigenvalue weighted by Gasteiger charge is -2.27. The summed E-state index contributed by atoms with van der Waals surface area (Å²) in [6.45, 7) is 1.10. The normalized spacial score (nSPS) is 30.3. The highest BCUT2D eigenvalue weighted by molar-refractivity contribution is 5.44. The molecular formula is C13H17NO4. The Morgan fingerprint density at radius 2 is 1.50 bits per heavy atom. The van der Waals surface area contributed by atoms with Crippen LogP contribution in [0.25, 0.3) is 0 Å². The number of rotatable bonds is 6. The smallest absolute Gasteiger partial charge is 0.109 e. The minimum atomic E-state index is -0.732. The monoisotopic (exact) mass is 251 g/mol. The maximum atomic E-state index is 10.2. The molecule has 4 unspecified atom stereocenters. The first kappa shape index (κ1) is 11.9. The van der Waals surface area contributed by atoms with Crippen LogP contribution in [0.3, 0.4) is 0 Å². The van der Waals surface area contributed by atoms with Gasteiger partial charge >= 0.3 is 0 Å².